The van der Waals surface area contributed by atoms with Gasteiger partial charge in [-0.3, -0.25) is 9.78 Å². The zero-order valence-electron chi connectivity index (χ0n) is 16.5. The smallest absolute Gasteiger partial charge is 0.350 e. The fourth-order valence-corrected chi connectivity index (χ4v) is 4.92. The Morgan fingerprint density at radius 3 is 2.48 bits per heavy atom. The van der Waals surface area contributed by atoms with Crippen molar-refractivity contribution < 1.29 is 18.0 Å². The molecule has 0 atom stereocenters. The molecule has 0 saturated heterocycles. The average Bonchev–Trinajstić information content (AvgIpc) is 3.26. The number of halogens is 3. The van der Waals surface area contributed by atoms with Crippen molar-refractivity contribution in [2.24, 2.45) is 0 Å². The lowest BCUT2D eigenvalue weighted by molar-refractivity contribution is -0.141. The average molecular weight is 447 g/mol. The van der Waals surface area contributed by atoms with E-state index in [0.717, 1.165) is 37.7 Å². The number of nitrogens with zero attached hydrogens (tertiary/aromatic N) is 4. The lowest BCUT2D eigenvalue weighted by Crippen LogP contribution is -2.42. The number of nitrogens with one attached hydrogen (secondary N) is 1. The Morgan fingerprint density at radius 2 is 1.84 bits per heavy atom. The van der Waals surface area contributed by atoms with Gasteiger partial charge in [0.15, 0.2) is 16.5 Å². The number of aromatic nitrogens is 4. The first-order valence-electron chi connectivity index (χ1n) is 9.93. The van der Waals surface area contributed by atoms with Crippen LogP contribution in [0, 0.1) is 0 Å². The number of amides is 1. The van der Waals surface area contributed by atoms with Crippen LogP contribution < -0.4 is 5.32 Å². The zero-order chi connectivity index (χ0) is 21.9. The maximum Gasteiger partial charge on any atom is 0.435 e. The van der Waals surface area contributed by atoms with E-state index in [-0.39, 0.29) is 22.8 Å². The van der Waals surface area contributed by atoms with Crippen LogP contribution in [0.5, 0.6) is 0 Å². The van der Waals surface area contributed by atoms with E-state index in [1.54, 1.807) is 18.5 Å². The monoisotopic (exact) mass is 447 g/mol. The normalized spacial score (nSPS) is 16.1. The highest BCUT2D eigenvalue weighted by atomic mass is 32.1. The van der Waals surface area contributed by atoms with E-state index in [1.165, 1.54) is 12.4 Å². The van der Waals surface area contributed by atoms with Gasteiger partial charge in [0, 0.05) is 36.7 Å². The molecule has 1 fully saturated rings. The fraction of sp³-hybridized carbons (Fsp3) is 0.381. The Labute approximate surface area is 181 Å². The van der Waals surface area contributed by atoms with Crippen molar-refractivity contribution in [1.82, 2.24) is 25.3 Å². The van der Waals surface area contributed by atoms with E-state index in [0.29, 0.717) is 11.3 Å². The fourth-order valence-electron chi connectivity index (χ4n) is 3.97. The zero-order valence-corrected chi connectivity index (χ0v) is 17.3. The van der Waals surface area contributed by atoms with Crippen LogP contribution in [-0.2, 0) is 11.6 Å². The van der Waals surface area contributed by atoms with Gasteiger partial charge in [0.1, 0.15) is 4.88 Å². The van der Waals surface area contributed by atoms with Gasteiger partial charge in [-0.05, 0) is 30.5 Å². The van der Waals surface area contributed by atoms with Crippen molar-refractivity contribution in [3.63, 3.8) is 0 Å². The number of carbonyl (C=O) groups is 1. The van der Waals surface area contributed by atoms with Gasteiger partial charge in [-0.15, -0.1) is 11.3 Å². The van der Waals surface area contributed by atoms with E-state index in [4.69, 9.17) is 0 Å². The van der Waals surface area contributed by atoms with E-state index in [1.807, 2.05) is 12.1 Å². The Kier molecular flexibility index (Phi) is 5.99. The molecule has 3 aromatic heterocycles. The summed E-state index contributed by atoms with van der Waals surface area (Å²) in [7, 11) is 0. The third-order valence-corrected chi connectivity index (χ3v) is 6.58. The summed E-state index contributed by atoms with van der Waals surface area (Å²) in [4.78, 5) is 28.1. The highest BCUT2D eigenvalue weighted by Gasteiger charge is 2.41. The largest absolute Gasteiger partial charge is 0.435 e. The molecule has 1 saturated carbocycles. The van der Waals surface area contributed by atoms with Crippen LogP contribution in [0.1, 0.15) is 53.0 Å². The lowest BCUT2D eigenvalue weighted by Gasteiger charge is -2.37. The molecule has 3 aromatic rings. The first-order valence-corrected chi connectivity index (χ1v) is 10.7. The van der Waals surface area contributed by atoms with Gasteiger partial charge in [0.2, 0.25) is 0 Å². The minimum absolute atomic E-state index is 0.0438. The molecule has 0 bridgehead atoms. The number of carbonyl (C=O) groups excluding carboxylic acids is 1. The summed E-state index contributed by atoms with van der Waals surface area (Å²) in [5, 5.41) is 2.70. The molecule has 0 spiro atoms. The third kappa shape index (κ3) is 4.58. The Balaban J connectivity index is 1.61. The number of rotatable bonds is 5. The molecule has 4 rings (SSSR count). The Morgan fingerprint density at radius 1 is 1.10 bits per heavy atom. The third-order valence-electron chi connectivity index (χ3n) is 5.53. The minimum atomic E-state index is -4.76. The molecule has 1 aliphatic carbocycles. The summed E-state index contributed by atoms with van der Waals surface area (Å²) in [6.07, 6.45) is 6.30. The molecular weight excluding hydrogens is 427 g/mol. The van der Waals surface area contributed by atoms with Gasteiger partial charge >= 0.3 is 6.18 Å². The number of alkyl halides is 3. The highest BCUT2D eigenvalue weighted by Crippen LogP contribution is 2.40. The van der Waals surface area contributed by atoms with Crippen LogP contribution in [0.4, 0.5) is 13.2 Å². The number of hydrogen-bond acceptors (Lipinski definition) is 6. The molecule has 0 aliphatic heterocycles. The second-order valence-corrected chi connectivity index (χ2v) is 8.53. The van der Waals surface area contributed by atoms with Crippen molar-refractivity contribution in [3.8, 4) is 10.8 Å². The van der Waals surface area contributed by atoms with Gasteiger partial charge in [0.05, 0.1) is 0 Å². The molecule has 1 amide bonds. The van der Waals surface area contributed by atoms with Gasteiger partial charge in [-0.2, -0.15) is 13.2 Å². The van der Waals surface area contributed by atoms with Crippen molar-refractivity contribution in [2.45, 2.75) is 43.7 Å². The summed E-state index contributed by atoms with van der Waals surface area (Å²) in [6.45, 7) is 0.240. The van der Waals surface area contributed by atoms with Gasteiger partial charge in [-0.25, -0.2) is 15.0 Å². The van der Waals surface area contributed by atoms with Gasteiger partial charge in [0.25, 0.3) is 5.91 Å². The molecule has 162 valence electrons. The van der Waals surface area contributed by atoms with E-state index >= 15 is 0 Å². The molecular formula is C21H20F3N5OS. The Bertz CT molecular complexity index is 1030. The predicted octanol–water partition coefficient (Wildman–Crippen LogP) is 4.65. The van der Waals surface area contributed by atoms with Crippen LogP contribution in [0.15, 0.2) is 43.0 Å². The molecule has 31 heavy (non-hydrogen) atoms. The maximum atomic E-state index is 13.6. The quantitative estimate of drug-likeness (QED) is 0.616. The van der Waals surface area contributed by atoms with E-state index < -0.39 is 22.7 Å². The summed E-state index contributed by atoms with van der Waals surface area (Å²) >= 11 is 0.648. The first kappa shape index (κ1) is 21.4. The van der Waals surface area contributed by atoms with Gasteiger partial charge in [-0.1, -0.05) is 25.3 Å². The molecule has 0 radical (unpaired) electrons. The van der Waals surface area contributed by atoms with Crippen LogP contribution in [0.3, 0.4) is 0 Å². The lowest BCUT2D eigenvalue weighted by atomic mass is 9.70. The molecule has 6 nitrogen and oxygen atoms in total. The summed E-state index contributed by atoms with van der Waals surface area (Å²) in [5.41, 5.74) is -0.554. The van der Waals surface area contributed by atoms with Crippen LogP contribution in [0.25, 0.3) is 10.8 Å². The molecule has 3 heterocycles. The highest BCUT2D eigenvalue weighted by molar-refractivity contribution is 7.17. The standard InChI is InChI=1S/C21H20F3N5OS/c22-21(23,24)16-15(31-19(29-16)17-26-10-5-11-27-17)18(30)28-13-20(7-2-1-3-8-20)14-6-4-9-25-12-14/h4-6,9-12H,1-3,7-8,13H2,(H,28,30). The van der Waals surface area contributed by atoms with Crippen molar-refractivity contribution in [3.05, 3.63) is 59.1 Å². The molecule has 0 aromatic carbocycles. The molecule has 1 N–H and O–H groups in total. The maximum absolute atomic E-state index is 13.6. The summed E-state index contributed by atoms with van der Waals surface area (Å²) in [5.74, 6) is -0.739. The van der Waals surface area contributed by atoms with E-state index in [2.05, 4.69) is 25.3 Å². The van der Waals surface area contributed by atoms with Crippen molar-refractivity contribution >= 4 is 17.2 Å². The molecule has 1 aliphatic rings. The predicted molar refractivity (Wildman–Crippen MR) is 109 cm³/mol. The van der Waals surface area contributed by atoms with E-state index in [9.17, 15) is 18.0 Å². The Hall–Kier alpha value is -2.88. The van der Waals surface area contributed by atoms with Gasteiger partial charge < -0.3 is 5.32 Å². The second-order valence-electron chi connectivity index (χ2n) is 7.53. The van der Waals surface area contributed by atoms with Crippen molar-refractivity contribution in [1.29, 1.82) is 0 Å². The number of thiazole rings is 1. The molecule has 10 heteroatoms. The summed E-state index contributed by atoms with van der Waals surface area (Å²) in [6, 6.07) is 5.35. The SMILES string of the molecule is O=C(NCC1(c2cccnc2)CCCCC1)c1sc(-c2ncccn2)nc1C(F)(F)F. The topological polar surface area (TPSA) is 80.7 Å². The van der Waals surface area contributed by atoms with Crippen LogP contribution >= 0.6 is 11.3 Å². The van der Waals surface area contributed by atoms with Crippen LogP contribution in [0.2, 0.25) is 0 Å². The number of pyridine rings is 1. The summed E-state index contributed by atoms with van der Waals surface area (Å²) < 4.78 is 40.8. The first-order chi connectivity index (χ1) is 14.9. The number of hydrogen-bond donors (Lipinski definition) is 1. The van der Waals surface area contributed by atoms with Crippen molar-refractivity contribution in [2.75, 3.05) is 6.54 Å². The minimum Gasteiger partial charge on any atom is -0.350 e. The van der Waals surface area contributed by atoms with Crippen LogP contribution in [-0.4, -0.2) is 32.4 Å². The molecule has 0 unspecified atom stereocenters. The second kappa shape index (κ2) is 8.70.